The van der Waals surface area contributed by atoms with Crippen LogP contribution in [0.5, 0.6) is 0 Å². The molecule has 1 aromatic carbocycles. The number of halogens is 2. The van der Waals surface area contributed by atoms with Gasteiger partial charge in [0.25, 0.3) is 0 Å². The molecule has 20 heavy (non-hydrogen) atoms. The van der Waals surface area contributed by atoms with Crippen LogP contribution in [0.3, 0.4) is 0 Å². The maximum atomic E-state index is 6.11. The zero-order valence-corrected chi connectivity index (χ0v) is 15.4. The topological polar surface area (TPSA) is 39.7 Å². The summed E-state index contributed by atoms with van der Waals surface area (Å²) in [6.07, 6.45) is 1.08. The number of aliphatic imine (C=N–C) groups is 1. The van der Waals surface area contributed by atoms with Gasteiger partial charge in [0.2, 0.25) is 0 Å². The lowest BCUT2D eigenvalue weighted by molar-refractivity contribution is 0.399. The van der Waals surface area contributed by atoms with Crippen molar-refractivity contribution in [1.82, 2.24) is 15.5 Å². The van der Waals surface area contributed by atoms with Crippen LogP contribution in [-0.2, 0) is 6.54 Å². The fraction of sp³-hybridized carbons (Fsp3) is 0.500. The number of hydrogen-bond donors (Lipinski definition) is 2. The average molecular weight is 411 g/mol. The van der Waals surface area contributed by atoms with E-state index in [9.17, 15) is 0 Å². The molecule has 0 bridgehead atoms. The molecule has 0 unspecified atom stereocenters. The summed E-state index contributed by atoms with van der Waals surface area (Å²) < 4.78 is 0. The summed E-state index contributed by atoms with van der Waals surface area (Å²) in [6, 6.07) is 7.82. The molecule has 0 aliphatic rings. The summed E-state index contributed by atoms with van der Waals surface area (Å²) in [5.74, 6) is 0.804. The van der Waals surface area contributed by atoms with E-state index in [1.807, 2.05) is 24.3 Å². The number of hydrogen-bond acceptors (Lipinski definition) is 2. The number of benzene rings is 1. The van der Waals surface area contributed by atoms with E-state index in [0.29, 0.717) is 6.54 Å². The molecular weight excluding hydrogens is 387 g/mol. The third-order valence-corrected chi connectivity index (χ3v) is 3.07. The van der Waals surface area contributed by atoms with Crippen LogP contribution in [0.25, 0.3) is 0 Å². The molecular formula is C14H24ClIN4. The number of guanidine groups is 1. The second-order valence-electron chi connectivity index (χ2n) is 4.60. The van der Waals surface area contributed by atoms with Crippen LogP contribution in [0.4, 0.5) is 0 Å². The van der Waals surface area contributed by atoms with E-state index in [1.54, 1.807) is 7.05 Å². The lowest BCUT2D eigenvalue weighted by Crippen LogP contribution is -2.38. The average Bonchev–Trinajstić information content (AvgIpc) is 2.39. The van der Waals surface area contributed by atoms with Crippen molar-refractivity contribution in [2.75, 3.05) is 34.2 Å². The standard InChI is InChI=1S/C14H23ClN4.HI/c1-16-14(17-9-6-10-19(2)3)18-11-12-7-4-5-8-13(12)15;/h4-5,7-8H,6,9-11H2,1-3H3,(H2,16,17,18);1H. The lowest BCUT2D eigenvalue weighted by Gasteiger charge is -2.14. The van der Waals surface area contributed by atoms with Crippen LogP contribution in [-0.4, -0.2) is 45.1 Å². The fourth-order valence-corrected chi connectivity index (χ4v) is 1.85. The van der Waals surface area contributed by atoms with E-state index in [4.69, 9.17) is 11.6 Å². The molecule has 4 nitrogen and oxygen atoms in total. The highest BCUT2D eigenvalue weighted by Crippen LogP contribution is 2.13. The van der Waals surface area contributed by atoms with Gasteiger partial charge >= 0.3 is 0 Å². The van der Waals surface area contributed by atoms with Gasteiger partial charge in [0.05, 0.1) is 0 Å². The Morgan fingerprint density at radius 1 is 1.25 bits per heavy atom. The van der Waals surface area contributed by atoms with Gasteiger partial charge < -0.3 is 15.5 Å². The Balaban J connectivity index is 0.00000361. The Morgan fingerprint density at radius 3 is 2.55 bits per heavy atom. The molecule has 6 heteroatoms. The summed E-state index contributed by atoms with van der Waals surface area (Å²) >= 11 is 6.11. The fourth-order valence-electron chi connectivity index (χ4n) is 1.64. The predicted octanol–water partition coefficient (Wildman–Crippen LogP) is 2.57. The van der Waals surface area contributed by atoms with Crippen LogP contribution in [0.2, 0.25) is 5.02 Å². The minimum absolute atomic E-state index is 0. The third-order valence-electron chi connectivity index (χ3n) is 2.70. The molecule has 0 aromatic heterocycles. The molecule has 0 heterocycles. The number of nitrogens with one attached hydrogen (secondary N) is 2. The van der Waals surface area contributed by atoms with Crippen molar-refractivity contribution in [3.63, 3.8) is 0 Å². The predicted molar refractivity (Wildman–Crippen MR) is 98.2 cm³/mol. The highest BCUT2D eigenvalue weighted by atomic mass is 127. The highest BCUT2D eigenvalue weighted by molar-refractivity contribution is 14.0. The summed E-state index contributed by atoms with van der Waals surface area (Å²) in [4.78, 5) is 6.36. The first-order chi connectivity index (χ1) is 9.13. The number of rotatable bonds is 6. The normalized spacial score (nSPS) is 11.2. The zero-order chi connectivity index (χ0) is 14.1. The van der Waals surface area contributed by atoms with Crippen LogP contribution in [0.15, 0.2) is 29.3 Å². The van der Waals surface area contributed by atoms with Crippen LogP contribution >= 0.6 is 35.6 Å². The molecule has 114 valence electrons. The molecule has 0 saturated carbocycles. The summed E-state index contributed by atoms with van der Waals surface area (Å²) in [7, 11) is 5.92. The molecule has 0 radical (unpaired) electrons. The SMILES string of the molecule is CN=C(NCCCN(C)C)NCc1ccccc1Cl.I. The zero-order valence-electron chi connectivity index (χ0n) is 12.3. The maximum absolute atomic E-state index is 6.11. The Kier molecular flexibility index (Phi) is 10.9. The lowest BCUT2D eigenvalue weighted by atomic mass is 10.2. The molecule has 0 amide bonds. The van der Waals surface area contributed by atoms with Gasteiger partial charge in [0.1, 0.15) is 0 Å². The van der Waals surface area contributed by atoms with Gasteiger partial charge in [-0.1, -0.05) is 29.8 Å². The Bertz CT molecular complexity index is 410. The van der Waals surface area contributed by atoms with Gasteiger partial charge in [0.15, 0.2) is 5.96 Å². The van der Waals surface area contributed by atoms with Crippen molar-refractivity contribution in [3.8, 4) is 0 Å². The largest absolute Gasteiger partial charge is 0.356 e. The Hall–Kier alpha value is -0.530. The van der Waals surface area contributed by atoms with E-state index in [2.05, 4.69) is 34.6 Å². The first kappa shape index (κ1) is 19.5. The van der Waals surface area contributed by atoms with Gasteiger partial charge in [-0.25, -0.2) is 0 Å². The van der Waals surface area contributed by atoms with Crippen molar-refractivity contribution in [2.24, 2.45) is 4.99 Å². The van der Waals surface area contributed by atoms with Crippen molar-refractivity contribution >= 4 is 41.5 Å². The molecule has 0 saturated heterocycles. The molecule has 0 spiro atoms. The first-order valence-electron chi connectivity index (χ1n) is 6.46. The second-order valence-corrected chi connectivity index (χ2v) is 5.01. The van der Waals surface area contributed by atoms with Gasteiger partial charge in [-0.3, -0.25) is 4.99 Å². The third kappa shape index (κ3) is 7.91. The van der Waals surface area contributed by atoms with Gasteiger partial charge in [-0.05, 0) is 38.7 Å². The van der Waals surface area contributed by atoms with Gasteiger partial charge in [-0.2, -0.15) is 0 Å². The molecule has 0 aliphatic carbocycles. The van der Waals surface area contributed by atoms with Gasteiger partial charge in [0, 0.05) is 25.2 Å². The van der Waals surface area contributed by atoms with Gasteiger partial charge in [-0.15, -0.1) is 24.0 Å². The van der Waals surface area contributed by atoms with Crippen LogP contribution < -0.4 is 10.6 Å². The van der Waals surface area contributed by atoms with Crippen molar-refractivity contribution in [1.29, 1.82) is 0 Å². The molecule has 1 aromatic rings. The second kappa shape index (κ2) is 11.2. The van der Waals surface area contributed by atoms with E-state index in [1.165, 1.54) is 0 Å². The van der Waals surface area contributed by atoms with Crippen molar-refractivity contribution < 1.29 is 0 Å². The Labute approximate surface area is 144 Å². The highest BCUT2D eigenvalue weighted by Gasteiger charge is 2.01. The van der Waals surface area contributed by atoms with Crippen molar-refractivity contribution in [2.45, 2.75) is 13.0 Å². The molecule has 0 fully saturated rings. The van der Waals surface area contributed by atoms with E-state index in [0.717, 1.165) is 36.1 Å². The van der Waals surface area contributed by atoms with E-state index < -0.39 is 0 Å². The van der Waals surface area contributed by atoms with E-state index in [-0.39, 0.29) is 24.0 Å². The maximum Gasteiger partial charge on any atom is 0.191 e. The minimum Gasteiger partial charge on any atom is -0.356 e. The first-order valence-corrected chi connectivity index (χ1v) is 6.84. The molecule has 0 aliphatic heterocycles. The minimum atomic E-state index is 0. The van der Waals surface area contributed by atoms with Crippen LogP contribution in [0.1, 0.15) is 12.0 Å². The molecule has 0 atom stereocenters. The quantitative estimate of drug-likeness (QED) is 0.328. The molecule has 2 N–H and O–H groups in total. The monoisotopic (exact) mass is 410 g/mol. The summed E-state index contributed by atoms with van der Waals surface area (Å²) in [5.41, 5.74) is 1.07. The number of nitrogens with zero attached hydrogens (tertiary/aromatic N) is 2. The summed E-state index contributed by atoms with van der Waals surface area (Å²) in [6.45, 7) is 2.64. The Morgan fingerprint density at radius 2 is 1.95 bits per heavy atom. The summed E-state index contributed by atoms with van der Waals surface area (Å²) in [5, 5.41) is 7.32. The van der Waals surface area contributed by atoms with Crippen molar-refractivity contribution in [3.05, 3.63) is 34.9 Å². The van der Waals surface area contributed by atoms with E-state index >= 15 is 0 Å². The smallest absolute Gasteiger partial charge is 0.191 e. The van der Waals surface area contributed by atoms with Crippen LogP contribution in [0, 0.1) is 0 Å². The molecule has 1 rings (SSSR count).